The molecule has 0 aliphatic carbocycles. The summed E-state index contributed by atoms with van der Waals surface area (Å²) in [5.74, 6) is -0.293. The van der Waals surface area contributed by atoms with Gasteiger partial charge in [0.15, 0.2) is 0 Å². The molecule has 0 aliphatic rings. The third-order valence-corrected chi connectivity index (χ3v) is 2.86. The first-order valence-electron chi connectivity index (χ1n) is 6.59. The lowest BCUT2D eigenvalue weighted by Crippen LogP contribution is -2.40. The van der Waals surface area contributed by atoms with Gasteiger partial charge in [0.05, 0.1) is 13.2 Å². The van der Waals surface area contributed by atoms with Crippen molar-refractivity contribution in [3.05, 3.63) is 35.4 Å². The average molecular weight is 278 g/mol. The molecule has 0 saturated carbocycles. The summed E-state index contributed by atoms with van der Waals surface area (Å²) < 4.78 is 4.86. The lowest BCUT2D eigenvalue weighted by molar-refractivity contribution is -0.135. The number of hydrogen-bond acceptors (Lipinski definition) is 3. The molecule has 1 aromatic rings. The maximum absolute atomic E-state index is 11.7. The van der Waals surface area contributed by atoms with Gasteiger partial charge < -0.3 is 15.0 Å². The van der Waals surface area contributed by atoms with Crippen LogP contribution in [-0.2, 0) is 20.9 Å². The van der Waals surface area contributed by atoms with Crippen LogP contribution in [0.4, 0.5) is 0 Å². The second kappa shape index (κ2) is 8.32. The van der Waals surface area contributed by atoms with Crippen molar-refractivity contribution in [2.75, 3.05) is 26.8 Å². The molecule has 2 amide bonds. The van der Waals surface area contributed by atoms with Crippen LogP contribution in [0.1, 0.15) is 18.1 Å². The van der Waals surface area contributed by atoms with Gasteiger partial charge in [-0.25, -0.2) is 0 Å². The van der Waals surface area contributed by atoms with Crippen LogP contribution >= 0.6 is 0 Å². The van der Waals surface area contributed by atoms with E-state index >= 15 is 0 Å². The van der Waals surface area contributed by atoms with Gasteiger partial charge in [-0.1, -0.05) is 29.8 Å². The van der Waals surface area contributed by atoms with E-state index in [-0.39, 0.29) is 18.4 Å². The van der Waals surface area contributed by atoms with Gasteiger partial charge in [-0.15, -0.1) is 0 Å². The van der Waals surface area contributed by atoms with E-state index in [1.165, 1.54) is 11.8 Å². The number of rotatable bonds is 7. The minimum atomic E-state index is -0.176. The summed E-state index contributed by atoms with van der Waals surface area (Å²) in [6.45, 7) is 4.88. The molecule has 1 N–H and O–H groups in total. The van der Waals surface area contributed by atoms with Gasteiger partial charge in [-0.05, 0) is 12.5 Å². The Labute approximate surface area is 119 Å². The molecule has 20 heavy (non-hydrogen) atoms. The van der Waals surface area contributed by atoms with Gasteiger partial charge in [-0.2, -0.15) is 0 Å². The van der Waals surface area contributed by atoms with Gasteiger partial charge in [0.1, 0.15) is 0 Å². The average Bonchev–Trinajstić information content (AvgIpc) is 2.38. The van der Waals surface area contributed by atoms with Crippen LogP contribution in [0, 0.1) is 6.92 Å². The van der Waals surface area contributed by atoms with Crippen LogP contribution in [0.5, 0.6) is 0 Å². The number of amides is 2. The number of ether oxygens (including phenoxy) is 1. The fourth-order valence-electron chi connectivity index (χ4n) is 1.83. The maximum Gasteiger partial charge on any atom is 0.239 e. The Morgan fingerprint density at radius 2 is 2.10 bits per heavy atom. The Bertz CT molecular complexity index is 460. The first-order valence-corrected chi connectivity index (χ1v) is 6.59. The molecule has 5 heteroatoms. The van der Waals surface area contributed by atoms with Crippen LogP contribution < -0.4 is 5.32 Å². The van der Waals surface area contributed by atoms with Gasteiger partial charge in [0, 0.05) is 27.1 Å². The SMILES string of the molecule is COCCNC(=O)CN(Cc1cccc(C)c1)C(C)=O. The van der Waals surface area contributed by atoms with Crippen molar-refractivity contribution in [3.8, 4) is 0 Å². The molecule has 0 atom stereocenters. The van der Waals surface area contributed by atoms with Crippen LogP contribution in [0.25, 0.3) is 0 Å². The fourth-order valence-corrected chi connectivity index (χ4v) is 1.83. The Morgan fingerprint density at radius 3 is 2.70 bits per heavy atom. The van der Waals surface area contributed by atoms with Gasteiger partial charge in [0.25, 0.3) is 0 Å². The zero-order valence-corrected chi connectivity index (χ0v) is 12.3. The molecule has 1 aromatic carbocycles. The van der Waals surface area contributed by atoms with Crippen molar-refractivity contribution in [2.45, 2.75) is 20.4 Å². The van der Waals surface area contributed by atoms with E-state index in [0.29, 0.717) is 19.7 Å². The summed E-state index contributed by atoms with van der Waals surface area (Å²) in [7, 11) is 1.58. The lowest BCUT2D eigenvalue weighted by atomic mass is 10.1. The second-order valence-corrected chi connectivity index (χ2v) is 4.71. The molecular weight excluding hydrogens is 256 g/mol. The molecule has 0 aromatic heterocycles. The molecule has 5 nitrogen and oxygen atoms in total. The molecule has 0 unspecified atom stereocenters. The molecule has 0 fully saturated rings. The number of carbonyl (C=O) groups excluding carboxylic acids is 2. The zero-order valence-electron chi connectivity index (χ0n) is 12.3. The number of carbonyl (C=O) groups is 2. The summed E-state index contributed by atoms with van der Waals surface area (Å²) in [5, 5.41) is 2.71. The molecule has 0 bridgehead atoms. The van der Waals surface area contributed by atoms with Gasteiger partial charge in [-0.3, -0.25) is 9.59 Å². The zero-order chi connectivity index (χ0) is 15.0. The monoisotopic (exact) mass is 278 g/mol. The topological polar surface area (TPSA) is 58.6 Å². The number of aryl methyl sites for hydroxylation is 1. The molecule has 0 radical (unpaired) electrons. The predicted molar refractivity (Wildman–Crippen MR) is 77.2 cm³/mol. The lowest BCUT2D eigenvalue weighted by Gasteiger charge is -2.20. The number of methoxy groups -OCH3 is 1. The Morgan fingerprint density at radius 1 is 1.35 bits per heavy atom. The number of hydrogen-bond donors (Lipinski definition) is 1. The first kappa shape index (κ1) is 16.2. The molecule has 110 valence electrons. The molecular formula is C15H22N2O3. The fraction of sp³-hybridized carbons (Fsp3) is 0.467. The second-order valence-electron chi connectivity index (χ2n) is 4.71. The summed E-state index contributed by atoms with van der Waals surface area (Å²) in [5.41, 5.74) is 2.15. The van der Waals surface area contributed by atoms with Crippen molar-refractivity contribution >= 4 is 11.8 Å². The first-order chi connectivity index (χ1) is 9.52. The number of nitrogens with one attached hydrogen (secondary N) is 1. The normalized spacial score (nSPS) is 10.2. The van der Waals surface area contributed by atoms with Gasteiger partial charge in [0.2, 0.25) is 11.8 Å². The minimum Gasteiger partial charge on any atom is -0.383 e. The smallest absolute Gasteiger partial charge is 0.239 e. The van der Waals surface area contributed by atoms with Crippen molar-refractivity contribution < 1.29 is 14.3 Å². The summed E-state index contributed by atoms with van der Waals surface area (Å²) in [4.78, 5) is 24.9. The van der Waals surface area contributed by atoms with Crippen LogP contribution in [0.3, 0.4) is 0 Å². The highest BCUT2D eigenvalue weighted by Gasteiger charge is 2.13. The predicted octanol–water partition coefficient (Wildman–Crippen LogP) is 1.11. The van der Waals surface area contributed by atoms with Crippen molar-refractivity contribution in [1.29, 1.82) is 0 Å². The van der Waals surface area contributed by atoms with Crippen molar-refractivity contribution in [1.82, 2.24) is 10.2 Å². The quantitative estimate of drug-likeness (QED) is 0.760. The minimum absolute atomic E-state index is 0.0625. The van der Waals surface area contributed by atoms with E-state index in [2.05, 4.69) is 5.32 Å². The van der Waals surface area contributed by atoms with Crippen molar-refractivity contribution in [2.24, 2.45) is 0 Å². The van der Waals surface area contributed by atoms with E-state index in [9.17, 15) is 9.59 Å². The number of benzene rings is 1. The van der Waals surface area contributed by atoms with E-state index in [1.807, 2.05) is 31.2 Å². The third kappa shape index (κ3) is 5.84. The van der Waals surface area contributed by atoms with E-state index in [4.69, 9.17) is 4.74 Å². The van der Waals surface area contributed by atoms with Crippen LogP contribution in [0.2, 0.25) is 0 Å². The molecule has 1 rings (SSSR count). The standard InChI is InChI=1S/C15H22N2O3/c1-12-5-4-6-14(9-12)10-17(13(2)18)11-15(19)16-7-8-20-3/h4-6,9H,7-8,10-11H2,1-3H3,(H,16,19). The maximum atomic E-state index is 11.7. The summed E-state index contributed by atoms with van der Waals surface area (Å²) in [6, 6.07) is 7.91. The molecule has 0 spiro atoms. The summed E-state index contributed by atoms with van der Waals surface area (Å²) >= 11 is 0. The van der Waals surface area contributed by atoms with Crippen LogP contribution in [0.15, 0.2) is 24.3 Å². The molecule has 0 saturated heterocycles. The Kier molecular flexibility index (Phi) is 6.73. The third-order valence-electron chi connectivity index (χ3n) is 2.86. The van der Waals surface area contributed by atoms with E-state index in [1.54, 1.807) is 7.11 Å². The highest BCUT2D eigenvalue weighted by atomic mass is 16.5. The van der Waals surface area contributed by atoms with E-state index < -0.39 is 0 Å². The Balaban J connectivity index is 2.56. The molecule has 0 heterocycles. The highest BCUT2D eigenvalue weighted by molar-refractivity contribution is 5.83. The molecule has 0 aliphatic heterocycles. The van der Waals surface area contributed by atoms with Crippen molar-refractivity contribution in [3.63, 3.8) is 0 Å². The van der Waals surface area contributed by atoms with Crippen LogP contribution in [-0.4, -0.2) is 43.5 Å². The highest BCUT2D eigenvalue weighted by Crippen LogP contribution is 2.07. The van der Waals surface area contributed by atoms with E-state index in [0.717, 1.165) is 11.1 Å². The largest absolute Gasteiger partial charge is 0.383 e. The summed E-state index contributed by atoms with van der Waals surface area (Å²) in [6.07, 6.45) is 0. The van der Waals surface area contributed by atoms with Gasteiger partial charge >= 0.3 is 0 Å². The number of nitrogens with zero attached hydrogens (tertiary/aromatic N) is 1. The Hall–Kier alpha value is -1.88.